The van der Waals surface area contributed by atoms with Gasteiger partial charge in [-0.2, -0.15) is 0 Å². The first-order chi connectivity index (χ1) is 19.0. The molecule has 0 amide bonds. The van der Waals surface area contributed by atoms with Crippen LogP contribution in [0.5, 0.6) is 11.5 Å². The van der Waals surface area contributed by atoms with Crippen LogP contribution in [-0.4, -0.2) is 18.7 Å². The van der Waals surface area contributed by atoms with Gasteiger partial charge in [-0.05, 0) is 47.7 Å². The average Bonchev–Trinajstić information content (AvgIpc) is 2.95. The first kappa shape index (κ1) is 32.8. The van der Waals surface area contributed by atoms with Crippen LogP contribution in [-0.2, 0) is 4.79 Å². The highest BCUT2D eigenvalue weighted by molar-refractivity contribution is 5.77. The lowest BCUT2D eigenvalue weighted by Crippen LogP contribution is -2.26. The van der Waals surface area contributed by atoms with E-state index in [0.717, 1.165) is 29.9 Å². The maximum absolute atomic E-state index is 13.8. The zero-order chi connectivity index (χ0) is 28.1. The van der Waals surface area contributed by atoms with Crippen molar-refractivity contribution >= 4 is 5.97 Å². The van der Waals surface area contributed by atoms with Gasteiger partial charge in [0.2, 0.25) is 0 Å². The van der Waals surface area contributed by atoms with Gasteiger partial charge in [-0.1, -0.05) is 141 Å². The molecule has 2 rings (SSSR count). The van der Waals surface area contributed by atoms with E-state index in [1.165, 1.54) is 96.3 Å². The van der Waals surface area contributed by atoms with E-state index >= 15 is 0 Å². The Morgan fingerprint density at radius 2 is 1.00 bits per heavy atom. The van der Waals surface area contributed by atoms with Gasteiger partial charge in [-0.15, -0.1) is 0 Å². The number of hydrogen-bond donors (Lipinski definition) is 0. The molecule has 0 heterocycles. The van der Waals surface area contributed by atoms with Crippen molar-refractivity contribution in [2.24, 2.45) is 5.92 Å². The number of unbranched alkanes of at least 4 members (excludes halogenated alkanes) is 15. The van der Waals surface area contributed by atoms with Crippen molar-refractivity contribution in [2.45, 2.75) is 130 Å². The highest BCUT2D eigenvalue weighted by Crippen LogP contribution is 2.25. The molecule has 4 heteroatoms. The fourth-order valence-electron chi connectivity index (χ4n) is 4.74. The Balaban J connectivity index is 1.49. The van der Waals surface area contributed by atoms with Crippen molar-refractivity contribution in [3.8, 4) is 22.6 Å². The standard InChI is InChI=1S/C35H53FO3/c1-4-5-6-7-8-9-10-11-12-13-14-15-16-17-18-19-28-38-32-24-20-30(21-25-32)31-22-26-33(27-23-31)39-35(37)34(36)29(2)3/h20-27,29,34H,4-19,28H2,1-3H3. The Morgan fingerprint density at radius 1 is 0.615 bits per heavy atom. The normalized spacial score (nSPS) is 12.0. The van der Waals surface area contributed by atoms with Gasteiger partial charge in [-0.25, -0.2) is 9.18 Å². The number of ether oxygens (including phenoxy) is 2. The van der Waals surface area contributed by atoms with Crippen LogP contribution < -0.4 is 9.47 Å². The van der Waals surface area contributed by atoms with E-state index in [0.29, 0.717) is 5.75 Å². The SMILES string of the molecule is CCCCCCCCCCCCCCCCCCOc1ccc(-c2ccc(OC(=O)C(F)C(C)C)cc2)cc1. The predicted molar refractivity (Wildman–Crippen MR) is 162 cm³/mol. The minimum Gasteiger partial charge on any atom is -0.494 e. The van der Waals surface area contributed by atoms with E-state index in [1.54, 1.807) is 26.0 Å². The highest BCUT2D eigenvalue weighted by atomic mass is 19.1. The molecule has 0 aliphatic heterocycles. The third-order valence-electron chi connectivity index (χ3n) is 7.34. The number of carbonyl (C=O) groups is 1. The van der Waals surface area contributed by atoms with Gasteiger partial charge in [0, 0.05) is 0 Å². The molecule has 3 nitrogen and oxygen atoms in total. The minimum absolute atomic E-state index is 0.353. The molecular weight excluding hydrogens is 487 g/mol. The maximum atomic E-state index is 13.8. The predicted octanol–water partition coefficient (Wildman–Crippen LogP) is 10.9. The van der Waals surface area contributed by atoms with Crippen LogP contribution in [0.25, 0.3) is 11.1 Å². The van der Waals surface area contributed by atoms with Crippen molar-refractivity contribution < 1.29 is 18.7 Å². The molecule has 39 heavy (non-hydrogen) atoms. The molecule has 2 aromatic carbocycles. The summed E-state index contributed by atoms with van der Waals surface area (Å²) in [7, 11) is 0. The molecule has 0 saturated heterocycles. The second-order valence-corrected chi connectivity index (χ2v) is 11.3. The Bertz CT molecular complexity index is 876. The fraction of sp³-hybridized carbons (Fsp3) is 0.629. The number of alkyl halides is 1. The summed E-state index contributed by atoms with van der Waals surface area (Å²) in [5.74, 6) is -0.0103. The molecular formula is C35H53FO3. The van der Waals surface area contributed by atoms with E-state index < -0.39 is 18.1 Å². The number of halogens is 1. The summed E-state index contributed by atoms with van der Waals surface area (Å²) in [5, 5.41) is 0. The molecule has 2 aromatic rings. The Labute approximate surface area is 237 Å². The molecule has 1 unspecified atom stereocenters. The number of esters is 1. The smallest absolute Gasteiger partial charge is 0.346 e. The molecule has 0 N–H and O–H groups in total. The molecule has 0 aliphatic carbocycles. The number of rotatable bonds is 22. The molecule has 0 spiro atoms. The van der Waals surface area contributed by atoms with Crippen molar-refractivity contribution in [2.75, 3.05) is 6.61 Å². The van der Waals surface area contributed by atoms with Crippen LogP contribution in [0.3, 0.4) is 0 Å². The third-order valence-corrected chi connectivity index (χ3v) is 7.34. The van der Waals surface area contributed by atoms with Gasteiger partial charge < -0.3 is 9.47 Å². The fourth-order valence-corrected chi connectivity index (χ4v) is 4.74. The summed E-state index contributed by atoms with van der Waals surface area (Å²) in [6.45, 7) is 6.35. The average molecular weight is 541 g/mol. The first-order valence-electron chi connectivity index (χ1n) is 15.7. The lowest BCUT2D eigenvalue weighted by atomic mass is 10.0. The summed E-state index contributed by atoms with van der Waals surface area (Å²) in [6, 6.07) is 15.2. The summed E-state index contributed by atoms with van der Waals surface area (Å²) in [5.41, 5.74) is 2.05. The van der Waals surface area contributed by atoms with Crippen LogP contribution >= 0.6 is 0 Å². The molecule has 0 bridgehead atoms. The second kappa shape index (κ2) is 20.5. The number of carbonyl (C=O) groups excluding carboxylic acids is 1. The van der Waals surface area contributed by atoms with Crippen molar-refractivity contribution in [3.05, 3.63) is 48.5 Å². The topological polar surface area (TPSA) is 35.5 Å². The third kappa shape index (κ3) is 14.6. The van der Waals surface area contributed by atoms with Gasteiger partial charge in [0.05, 0.1) is 6.61 Å². The summed E-state index contributed by atoms with van der Waals surface area (Å²) >= 11 is 0. The maximum Gasteiger partial charge on any atom is 0.346 e. The first-order valence-corrected chi connectivity index (χ1v) is 15.7. The van der Waals surface area contributed by atoms with Crippen molar-refractivity contribution in [1.29, 1.82) is 0 Å². The van der Waals surface area contributed by atoms with Crippen molar-refractivity contribution in [1.82, 2.24) is 0 Å². The summed E-state index contributed by atoms with van der Waals surface area (Å²) < 4.78 is 24.8. The highest BCUT2D eigenvalue weighted by Gasteiger charge is 2.23. The van der Waals surface area contributed by atoms with Gasteiger partial charge in [0.25, 0.3) is 0 Å². The quantitative estimate of drug-likeness (QED) is 0.0846. The van der Waals surface area contributed by atoms with Crippen LogP contribution in [0.1, 0.15) is 124 Å². The lowest BCUT2D eigenvalue weighted by molar-refractivity contribution is -0.141. The number of benzene rings is 2. The molecule has 218 valence electrons. The van der Waals surface area contributed by atoms with Gasteiger partial charge in [0.1, 0.15) is 11.5 Å². The van der Waals surface area contributed by atoms with E-state index in [4.69, 9.17) is 9.47 Å². The summed E-state index contributed by atoms with van der Waals surface area (Å²) in [6.07, 6.45) is 20.3. The Hall–Kier alpha value is -2.36. The van der Waals surface area contributed by atoms with Gasteiger partial charge in [-0.3, -0.25) is 0 Å². The van der Waals surface area contributed by atoms with Gasteiger partial charge in [0.15, 0.2) is 6.17 Å². The van der Waals surface area contributed by atoms with Gasteiger partial charge >= 0.3 is 5.97 Å². The number of hydrogen-bond acceptors (Lipinski definition) is 3. The second-order valence-electron chi connectivity index (χ2n) is 11.3. The molecule has 0 aliphatic rings. The molecule has 0 saturated carbocycles. The Kier molecular flexibility index (Phi) is 17.3. The Morgan fingerprint density at radius 3 is 1.41 bits per heavy atom. The zero-order valence-corrected chi connectivity index (χ0v) is 24.9. The monoisotopic (exact) mass is 540 g/mol. The molecule has 0 fully saturated rings. The molecule has 0 aromatic heterocycles. The lowest BCUT2D eigenvalue weighted by Gasteiger charge is -2.11. The summed E-state index contributed by atoms with van der Waals surface area (Å²) in [4.78, 5) is 11.8. The minimum atomic E-state index is -1.61. The van der Waals surface area contributed by atoms with Crippen LogP contribution in [0.4, 0.5) is 4.39 Å². The van der Waals surface area contributed by atoms with E-state index in [-0.39, 0.29) is 0 Å². The van der Waals surface area contributed by atoms with E-state index in [9.17, 15) is 9.18 Å². The molecule has 1 atom stereocenters. The van der Waals surface area contributed by atoms with E-state index in [2.05, 4.69) is 6.92 Å². The van der Waals surface area contributed by atoms with Crippen LogP contribution in [0, 0.1) is 5.92 Å². The van der Waals surface area contributed by atoms with Crippen LogP contribution in [0.15, 0.2) is 48.5 Å². The molecule has 0 radical (unpaired) electrons. The largest absolute Gasteiger partial charge is 0.494 e. The van der Waals surface area contributed by atoms with Crippen LogP contribution in [0.2, 0.25) is 0 Å². The zero-order valence-electron chi connectivity index (χ0n) is 24.9. The van der Waals surface area contributed by atoms with Crippen molar-refractivity contribution in [3.63, 3.8) is 0 Å². The van der Waals surface area contributed by atoms with E-state index in [1.807, 2.05) is 36.4 Å².